The zero-order valence-electron chi connectivity index (χ0n) is 10.1. The molecular weight excluding hydrogens is 242 g/mol. The van der Waals surface area contributed by atoms with Crippen molar-refractivity contribution in [3.05, 3.63) is 54.1 Å². The second-order valence-corrected chi connectivity index (χ2v) is 3.92. The van der Waals surface area contributed by atoms with E-state index in [9.17, 15) is 9.59 Å². The lowest BCUT2D eigenvalue weighted by atomic mass is 10.2. The Balaban J connectivity index is 2.06. The number of nitrogens with one attached hydrogen (secondary N) is 2. The van der Waals surface area contributed by atoms with Gasteiger partial charge in [-0.05, 0) is 48.5 Å². The molecule has 2 rings (SSSR count). The molecule has 5 heteroatoms. The van der Waals surface area contributed by atoms with E-state index in [2.05, 4.69) is 10.6 Å². The average Bonchev–Trinajstić information content (AvgIpc) is 2.42. The van der Waals surface area contributed by atoms with Crippen molar-refractivity contribution in [2.45, 2.75) is 0 Å². The Bertz CT molecular complexity index is 577. The first kappa shape index (κ1) is 12.6. The van der Waals surface area contributed by atoms with Crippen molar-refractivity contribution in [3.63, 3.8) is 0 Å². The minimum Gasteiger partial charge on any atom is -0.399 e. The molecule has 0 atom stereocenters. The monoisotopic (exact) mass is 255 g/mol. The summed E-state index contributed by atoms with van der Waals surface area (Å²) in [6.07, 6.45) is 0.599. The molecular formula is C14H13N3O2. The van der Waals surface area contributed by atoms with E-state index in [4.69, 9.17) is 5.73 Å². The van der Waals surface area contributed by atoms with Crippen LogP contribution in [0.1, 0.15) is 10.4 Å². The Morgan fingerprint density at radius 3 is 2.11 bits per heavy atom. The molecule has 0 bridgehead atoms. The van der Waals surface area contributed by atoms with Crippen LogP contribution in [0, 0.1) is 0 Å². The van der Waals surface area contributed by atoms with Crippen LogP contribution in [0.5, 0.6) is 0 Å². The number of carbonyl (C=O) groups is 2. The van der Waals surface area contributed by atoms with Gasteiger partial charge >= 0.3 is 0 Å². The Labute approximate surface area is 110 Å². The second-order valence-electron chi connectivity index (χ2n) is 3.92. The molecule has 2 aromatic carbocycles. The normalized spacial score (nSPS) is 9.68. The van der Waals surface area contributed by atoms with Gasteiger partial charge < -0.3 is 16.4 Å². The molecule has 0 unspecified atom stereocenters. The molecule has 19 heavy (non-hydrogen) atoms. The summed E-state index contributed by atoms with van der Waals surface area (Å²) in [6.45, 7) is 0. The number of anilines is 3. The van der Waals surface area contributed by atoms with Gasteiger partial charge in [0.15, 0.2) is 0 Å². The van der Waals surface area contributed by atoms with Crippen LogP contribution in [0.4, 0.5) is 17.1 Å². The van der Waals surface area contributed by atoms with Crippen molar-refractivity contribution in [2.75, 3.05) is 16.4 Å². The van der Waals surface area contributed by atoms with Crippen molar-refractivity contribution in [3.8, 4) is 0 Å². The van der Waals surface area contributed by atoms with E-state index < -0.39 is 0 Å². The summed E-state index contributed by atoms with van der Waals surface area (Å²) in [7, 11) is 0. The zero-order valence-corrected chi connectivity index (χ0v) is 10.1. The standard InChI is InChI=1S/C14H13N3O2/c15-11-3-1-10(2-4-11)14(19)17-13-7-5-12(6-8-13)16-9-18/h1-9H,15H2,(H,16,18)(H,17,19). The molecule has 4 N–H and O–H groups in total. The SMILES string of the molecule is Nc1ccc(C(=O)Nc2ccc(NC=O)cc2)cc1. The Hall–Kier alpha value is -2.82. The number of rotatable bonds is 4. The van der Waals surface area contributed by atoms with Gasteiger partial charge in [-0.15, -0.1) is 0 Å². The summed E-state index contributed by atoms with van der Waals surface area (Å²) >= 11 is 0. The Morgan fingerprint density at radius 1 is 0.947 bits per heavy atom. The predicted molar refractivity (Wildman–Crippen MR) is 74.9 cm³/mol. The molecule has 0 heterocycles. The lowest BCUT2D eigenvalue weighted by molar-refractivity contribution is -0.105. The van der Waals surface area contributed by atoms with Crippen molar-refractivity contribution >= 4 is 29.4 Å². The Morgan fingerprint density at radius 2 is 1.53 bits per heavy atom. The molecule has 5 nitrogen and oxygen atoms in total. The van der Waals surface area contributed by atoms with Crippen LogP contribution in [0.3, 0.4) is 0 Å². The number of amides is 2. The maximum atomic E-state index is 11.9. The van der Waals surface area contributed by atoms with Gasteiger partial charge in [0.1, 0.15) is 0 Å². The highest BCUT2D eigenvalue weighted by Crippen LogP contribution is 2.14. The molecule has 0 radical (unpaired) electrons. The fourth-order valence-electron chi connectivity index (χ4n) is 1.56. The number of hydrogen-bond acceptors (Lipinski definition) is 3. The number of nitrogens with two attached hydrogens (primary N) is 1. The first-order valence-electron chi connectivity index (χ1n) is 5.66. The minimum absolute atomic E-state index is 0.212. The molecule has 0 fully saturated rings. The molecule has 0 aromatic heterocycles. The Kier molecular flexibility index (Phi) is 3.78. The molecule has 0 saturated carbocycles. The molecule has 0 saturated heterocycles. The highest BCUT2D eigenvalue weighted by Gasteiger charge is 2.05. The average molecular weight is 255 g/mol. The van der Waals surface area contributed by atoms with Gasteiger partial charge in [0.2, 0.25) is 6.41 Å². The molecule has 2 aromatic rings. The topological polar surface area (TPSA) is 84.2 Å². The van der Waals surface area contributed by atoms with Crippen LogP contribution in [-0.2, 0) is 4.79 Å². The number of carbonyl (C=O) groups excluding carboxylic acids is 2. The summed E-state index contributed by atoms with van der Waals surface area (Å²) in [4.78, 5) is 22.2. The smallest absolute Gasteiger partial charge is 0.255 e. The molecule has 96 valence electrons. The van der Waals surface area contributed by atoms with E-state index in [0.29, 0.717) is 29.0 Å². The lowest BCUT2D eigenvalue weighted by Crippen LogP contribution is -2.11. The highest BCUT2D eigenvalue weighted by atomic mass is 16.1. The summed E-state index contributed by atoms with van der Waals surface area (Å²) in [5.41, 5.74) is 8.02. The third kappa shape index (κ3) is 3.32. The van der Waals surface area contributed by atoms with Crippen molar-refractivity contribution < 1.29 is 9.59 Å². The van der Waals surface area contributed by atoms with Gasteiger partial charge in [0.05, 0.1) is 0 Å². The van der Waals surface area contributed by atoms with Crippen LogP contribution < -0.4 is 16.4 Å². The van der Waals surface area contributed by atoms with Crippen LogP contribution in [-0.4, -0.2) is 12.3 Å². The van der Waals surface area contributed by atoms with Gasteiger partial charge in [-0.2, -0.15) is 0 Å². The van der Waals surface area contributed by atoms with Gasteiger partial charge in [-0.3, -0.25) is 9.59 Å². The van der Waals surface area contributed by atoms with Crippen molar-refractivity contribution in [2.24, 2.45) is 0 Å². The zero-order chi connectivity index (χ0) is 13.7. The summed E-state index contributed by atoms with van der Waals surface area (Å²) in [5, 5.41) is 5.27. The van der Waals surface area contributed by atoms with Gasteiger partial charge in [-0.25, -0.2) is 0 Å². The van der Waals surface area contributed by atoms with Gasteiger partial charge in [-0.1, -0.05) is 0 Å². The maximum Gasteiger partial charge on any atom is 0.255 e. The lowest BCUT2D eigenvalue weighted by Gasteiger charge is -2.06. The van der Waals surface area contributed by atoms with Gasteiger partial charge in [0.25, 0.3) is 5.91 Å². The van der Waals surface area contributed by atoms with Gasteiger partial charge in [0, 0.05) is 22.6 Å². The first-order chi connectivity index (χ1) is 9.19. The third-order valence-electron chi connectivity index (χ3n) is 2.54. The van der Waals surface area contributed by atoms with E-state index in [1.807, 2.05) is 0 Å². The molecule has 0 aliphatic heterocycles. The molecule has 2 amide bonds. The van der Waals surface area contributed by atoms with E-state index in [-0.39, 0.29) is 5.91 Å². The fraction of sp³-hybridized carbons (Fsp3) is 0. The van der Waals surface area contributed by atoms with Crippen LogP contribution in [0.25, 0.3) is 0 Å². The summed E-state index contributed by atoms with van der Waals surface area (Å²) in [6, 6.07) is 13.5. The van der Waals surface area contributed by atoms with E-state index in [1.54, 1.807) is 48.5 Å². The molecule has 0 aliphatic rings. The largest absolute Gasteiger partial charge is 0.399 e. The van der Waals surface area contributed by atoms with E-state index >= 15 is 0 Å². The third-order valence-corrected chi connectivity index (χ3v) is 2.54. The number of nitrogen functional groups attached to an aromatic ring is 1. The summed E-state index contributed by atoms with van der Waals surface area (Å²) in [5.74, 6) is -0.212. The van der Waals surface area contributed by atoms with Crippen LogP contribution >= 0.6 is 0 Å². The quantitative estimate of drug-likeness (QED) is 0.577. The van der Waals surface area contributed by atoms with Crippen molar-refractivity contribution in [1.29, 1.82) is 0 Å². The molecule has 0 aliphatic carbocycles. The number of hydrogen-bond donors (Lipinski definition) is 3. The highest BCUT2D eigenvalue weighted by molar-refractivity contribution is 6.04. The number of benzene rings is 2. The second kappa shape index (κ2) is 5.68. The van der Waals surface area contributed by atoms with E-state index in [0.717, 1.165) is 0 Å². The minimum atomic E-state index is -0.212. The van der Waals surface area contributed by atoms with Crippen LogP contribution in [0.15, 0.2) is 48.5 Å². The first-order valence-corrected chi connectivity index (χ1v) is 5.66. The maximum absolute atomic E-state index is 11.9. The van der Waals surface area contributed by atoms with Crippen LogP contribution in [0.2, 0.25) is 0 Å². The predicted octanol–water partition coefficient (Wildman–Crippen LogP) is 2.09. The summed E-state index contributed by atoms with van der Waals surface area (Å²) < 4.78 is 0. The fourth-order valence-corrected chi connectivity index (χ4v) is 1.56. The molecule has 0 spiro atoms. The van der Waals surface area contributed by atoms with E-state index in [1.165, 1.54) is 0 Å². The van der Waals surface area contributed by atoms with Crippen molar-refractivity contribution in [1.82, 2.24) is 0 Å².